The molecule has 1 atom stereocenters. The molecule has 0 aliphatic carbocycles. The van der Waals surface area contributed by atoms with Crippen LogP contribution in [-0.4, -0.2) is 66.3 Å². The standard InChI is InChI=1S/C22H26N4O4S/c1-23-21(29)20-16(15-7-2-3-8-17(15)31-20)12-14-6-4-10-25(14)18(27)9-5-11-26-19(28)13-24-22(26)30/h2-3,7-8,14H,4-6,9-13H2,1H3,(H,23,29)(H,24,30). The number of urea groups is 1. The molecule has 1 aromatic heterocycles. The molecule has 2 saturated heterocycles. The number of carbonyl (C=O) groups excluding carboxylic acids is 4. The van der Waals surface area contributed by atoms with Gasteiger partial charge in [-0.2, -0.15) is 0 Å². The molecule has 3 heterocycles. The molecule has 2 aliphatic rings. The van der Waals surface area contributed by atoms with Crippen molar-refractivity contribution < 1.29 is 19.2 Å². The van der Waals surface area contributed by atoms with Crippen LogP contribution >= 0.6 is 11.3 Å². The van der Waals surface area contributed by atoms with Gasteiger partial charge in [0.1, 0.15) is 0 Å². The molecule has 0 spiro atoms. The van der Waals surface area contributed by atoms with E-state index in [-0.39, 0.29) is 42.9 Å². The first-order valence-corrected chi connectivity index (χ1v) is 11.4. The summed E-state index contributed by atoms with van der Waals surface area (Å²) in [6, 6.07) is 7.65. The number of nitrogens with one attached hydrogen (secondary N) is 2. The fraction of sp³-hybridized carbons (Fsp3) is 0.455. The Morgan fingerprint density at radius 3 is 2.81 bits per heavy atom. The summed E-state index contributed by atoms with van der Waals surface area (Å²) < 4.78 is 1.07. The van der Waals surface area contributed by atoms with Crippen LogP contribution in [0.5, 0.6) is 0 Å². The molecule has 5 amide bonds. The van der Waals surface area contributed by atoms with Crippen LogP contribution in [-0.2, 0) is 16.0 Å². The Bertz CT molecular complexity index is 1020. The van der Waals surface area contributed by atoms with Gasteiger partial charge in [0.25, 0.3) is 5.91 Å². The van der Waals surface area contributed by atoms with E-state index < -0.39 is 0 Å². The SMILES string of the molecule is CNC(=O)c1sc2ccccc2c1CC1CCCN1C(=O)CCCN1C(=O)CNC1=O. The summed E-state index contributed by atoms with van der Waals surface area (Å²) in [7, 11) is 1.63. The van der Waals surface area contributed by atoms with Gasteiger partial charge in [-0.3, -0.25) is 19.3 Å². The third-order valence-corrected chi connectivity index (χ3v) is 7.19. The Kier molecular flexibility index (Phi) is 6.22. The van der Waals surface area contributed by atoms with E-state index in [0.717, 1.165) is 28.5 Å². The Morgan fingerprint density at radius 2 is 2.06 bits per heavy atom. The number of amides is 5. The molecule has 2 aromatic rings. The molecule has 8 nitrogen and oxygen atoms in total. The molecule has 4 rings (SSSR count). The number of benzene rings is 1. The van der Waals surface area contributed by atoms with E-state index in [9.17, 15) is 19.2 Å². The molecule has 0 saturated carbocycles. The van der Waals surface area contributed by atoms with Gasteiger partial charge in [0, 0.05) is 37.3 Å². The van der Waals surface area contributed by atoms with E-state index in [2.05, 4.69) is 10.6 Å². The number of carbonyl (C=O) groups is 4. The molecule has 0 bridgehead atoms. The highest BCUT2D eigenvalue weighted by molar-refractivity contribution is 7.21. The van der Waals surface area contributed by atoms with Crippen LogP contribution in [0.2, 0.25) is 0 Å². The smallest absolute Gasteiger partial charge is 0.324 e. The lowest BCUT2D eigenvalue weighted by Crippen LogP contribution is -2.38. The number of fused-ring (bicyclic) bond motifs is 1. The zero-order valence-electron chi connectivity index (χ0n) is 17.5. The number of rotatable bonds is 7. The third kappa shape index (κ3) is 4.27. The van der Waals surface area contributed by atoms with Crippen molar-refractivity contribution in [3.8, 4) is 0 Å². The Labute approximate surface area is 184 Å². The fourth-order valence-electron chi connectivity index (χ4n) is 4.42. The zero-order valence-corrected chi connectivity index (χ0v) is 18.3. The largest absolute Gasteiger partial charge is 0.354 e. The maximum absolute atomic E-state index is 12.9. The second-order valence-corrected chi connectivity index (χ2v) is 8.93. The first-order valence-electron chi connectivity index (χ1n) is 10.6. The summed E-state index contributed by atoms with van der Waals surface area (Å²) in [5.41, 5.74) is 1.00. The molecule has 9 heteroatoms. The van der Waals surface area contributed by atoms with E-state index in [1.807, 2.05) is 29.2 Å². The normalized spacial score (nSPS) is 18.7. The minimum atomic E-state index is -0.387. The van der Waals surface area contributed by atoms with Gasteiger partial charge in [0.2, 0.25) is 11.8 Å². The molecular formula is C22H26N4O4S. The monoisotopic (exact) mass is 442 g/mol. The van der Waals surface area contributed by atoms with Crippen molar-refractivity contribution in [1.29, 1.82) is 0 Å². The van der Waals surface area contributed by atoms with Crippen molar-refractivity contribution in [3.63, 3.8) is 0 Å². The highest BCUT2D eigenvalue weighted by atomic mass is 32.1. The first kappa shape index (κ1) is 21.3. The topological polar surface area (TPSA) is 98.8 Å². The van der Waals surface area contributed by atoms with Gasteiger partial charge in [0.15, 0.2) is 0 Å². The maximum atomic E-state index is 12.9. The Morgan fingerprint density at radius 1 is 1.26 bits per heavy atom. The Hall–Kier alpha value is -2.94. The average molecular weight is 443 g/mol. The highest BCUT2D eigenvalue weighted by Gasteiger charge is 2.32. The van der Waals surface area contributed by atoms with Crippen molar-refractivity contribution in [2.24, 2.45) is 0 Å². The van der Waals surface area contributed by atoms with Gasteiger partial charge in [-0.25, -0.2) is 4.79 Å². The number of likely N-dealkylation sites (tertiary alicyclic amines) is 1. The summed E-state index contributed by atoms with van der Waals surface area (Å²) >= 11 is 1.49. The lowest BCUT2D eigenvalue weighted by atomic mass is 10.00. The summed E-state index contributed by atoms with van der Waals surface area (Å²) in [5, 5.41) is 6.29. The van der Waals surface area contributed by atoms with Gasteiger partial charge < -0.3 is 15.5 Å². The second-order valence-electron chi connectivity index (χ2n) is 7.88. The molecule has 0 radical (unpaired) electrons. The van der Waals surface area contributed by atoms with Gasteiger partial charge in [-0.05, 0) is 42.7 Å². The minimum Gasteiger partial charge on any atom is -0.354 e. The summed E-state index contributed by atoms with van der Waals surface area (Å²) in [6.45, 7) is 0.984. The average Bonchev–Trinajstić information content (AvgIpc) is 3.47. The van der Waals surface area contributed by atoms with E-state index in [0.29, 0.717) is 30.7 Å². The van der Waals surface area contributed by atoms with Crippen LogP contribution in [0, 0.1) is 0 Å². The van der Waals surface area contributed by atoms with Gasteiger partial charge in [0.05, 0.1) is 11.4 Å². The number of thiophene rings is 1. The van der Waals surface area contributed by atoms with Crippen LogP contribution in [0.15, 0.2) is 24.3 Å². The van der Waals surface area contributed by atoms with E-state index in [1.165, 1.54) is 16.2 Å². The lowest BCUT2D eigenvalue weighted by Gasteiger charge is -2.25. The second kappa shape index (κ2) is 9.05. The van der Waals surface area contributed by atoms with Crippen LogP contribution in [0.4, 0.5) is 4.79 Å². The van der Waals surface area contributed by atoms with Crippen molar-refractivity contribution in [1.82, 2.24) is 20.4 Å². The van der Waals surface area contributed by atoms with Gasteiger partial charge in [-0.15, -0.1) is 11.3 Å². The van der Waals surface area contributed by atoms with E-state index in [1.54, 1.807) is 7.05 Å². The van der Waals surface area contributed by atoms with Crippen LogP contribution < -0.4 is 10.6 Å². The van der Waals surface area contributed by atoms with Crippen molar-refractivity contribution in [3.05, 3.63) is 34.7 Å². The highest BCUT2D eigenvalue weighted by Crippen LogP contribution is 2.34. The molecule has 1 unspecified atom stereocenters. The van der Waals surface area contributed by atoms with E-state index >= 15 is 0 Å². The maximum Gasteiger partial charge on any atom is 0.324 e. The molecule has 2 aliphatic heterocycles. The summed E-state index contributed by atoms with van der Waals surface area (Å²) in [4.78, 5) is 52.5. The number of hydrogen-bond donors (Lipinski definition) is 2. The Balaban J connectivity index is 1.44. The number of hydrogen-bond acceptors (Lipinski definition) is 5. The molecule has 1 aromatic carbocycles. The number of imide groups is 1. The minimum absolute atomic E-state index is 0.0310. The first-order chi connectivity index (χ1) is 15.0. The quantitative estimate of drug-likeness (QED) is 0.642. The van der Waals surface area contributed by atoms with Crippen molar-refractivity contribution in [2.45, 2.75) is 38.1 Å². The van der Waals surface area contributed by atoms with Gasteiger partial charge >= 0.3 is 6.03 Å². The summed E-state index contributed by atoms with van der Waals surface area (Å²) in [5.74, 6) is -0.307. The van der Waals surface area contributed by atoms with E-state index in [4.69, 9.17) is 0 Å². The van der Waals surface area contributed by atoms with Crippen LogP contribution in [0.3, 0.4) is 0 Å². The number of nitrogens with zero attached hydrogens (tertiary/aromatic N) is 2. The predicted octanol–water partition coefficient (Wildman–Crippen LogP) is 2.13. The molecule has 2 fully saturated rings. The third-order valence-electron chi connectivity index (χ3n) is 5.98. The van der Waals surface area contributed by atoms with Crippen LogP contribution in [0.25, 0.3) is 10.1 Å². The predicted molar refractivity (Wildman–Crippen MR) is 118 cm³/mol. The summed E-state index contributed by atoms with van der Waals surface area (Å²) in [6.07, 6.45) is 3.22. The van der Waals surface area contributed by atoms with Crippen molar-refractivity contribution >= 4 is 45.2 Å². The molecular weight excluding hydrogens is 416 g/mol. The van der Waals surface area contributed by atoms with Crippen molar-refractivity contribution in [2.75, 3.05) is 26.7 Å². The molecule has 31 heavy (non-hydrogen) atoms. The fourth-order valence-corrected chi connectivity index (χ4v) is 5.60. The van der Waals surface area contributed by atoms with Gasteiger partial charge in [-0.1, -0.05) is 18.2 Å². The zero-order chi connectivity index (χ0) is 22.0. The lowest BCUT2D eigenvalue weighted by molar-refractivity contribution is -0.132. The molecule has 164 valence electrons. The molecule has 2 N–H and O–H groups in total. The van der Waals surface area contributed by atoms with Crippen LogP contribution in [0.1, 0.15) is 40.9 Å².